The van der Waals surface area contributed by atoms with Crippen molar-refractivity contribution in [3.8, 4) is 0 Å². The number of anilines is 2. The van der Waals surface area contributed by atoms with Crippen LogP contribution in [-0.4, -0.2) is 29.0 Å². The predicted molar refractivity (Wildman–Crippen MR) is 64.1 cm³/mol. The van der Waals surface area contributed by atoms with Gasteiger partial charge in [-0.3, -0.25) is 4.79 Å². The maximum absolute atomic E-state index is 11.1. The molecule has 17 heavy (non-hydrogen) atoms. The Bertz CT molecular complexity index is 435. The molecule has 1 unspecified atom stereocenters. The second-order valence-electron chi connectivity index (χ2n) is 4.15. The van der Waals surface area contributed by atoms with Crippen LogP contribution in [0, 0.1) is 12.8 Å². The Labute approximate surface area is 99.2 Å². The molecule has 2 heterocycles. The summed E-state index contributed by atoms with van der Waals surface area (Å²) in [5, 5.41) is 0. The van der Waals surface area contributed by atoms with E-state index in [1.165, 1.54) is 6.33 Å². The van der Waals surface area contributed by atoms with Crippen molar-refractivity contribution in [3.05, 3.63) is 11.9 Å². The summed E-state index contributed by atoms with van der Waals surface area (Å²) in [6.07, 6.45) is 2.22. The highest BCUT2D eigenvalue weighted by molar-refractivity contribution is 5.78. The molecule has 1 aromatic rings. The number of amides is 1. The van der Waals surface area contributed by atoms with Gasteiger partial charge in [-0.05, 0) is 13.3 Å². The van der Waals surface area contributed by atoms with Crippen molar-refractivity contribution < 1.29 is 4.79 Å². The number of aromatic nitrogens is 2. The van der Waals surface area contributed by atoms with Crippen LogP contribution >= 0.6 is 0 Å². The molecule has 0 aliphatic carbocycles. The van der Waals surface area contributed by atoms with Crippen molar-refractivity contribution in [2.24, 2.45) is 17.5 Å². The Hall–Kier alpha value is -1.89. The van der Waals surface area contributed by atoms with E-state index in [-0.39, 0.29) is 11.8 Å². The Morgan fingerprint density at radius 2 is 2.35 bits per heavy atom. The van der Waals surface area contributed by atoms with Gasteiger partial charge in [0, 0.05) is 18.7 Å². The SMILES string of the molecule is Cc1c(NN)ncnc1N1CCC(C(N)=O)C1. The molecular weight excluding hydrogens is 220 g/mol. The van der Waals surface area contributed by atoms with Gasteiger partial charge in [-0.1, -0.05) is 0 Å². The summed E-state index contributed by atoms with van der Waals surface area (Å²) < 4.78 is 0. The van der Waals surface area contributed by atoms with Crippen LogP contribution in [0.15, 0.2) is 6.33 Å². The summed E-state index contributed by atoms with van der Waals surface area (Å²) in [4.78, 5) is 21.4. The fourth-order valence-corrected chi connectivity index (χ4v) is 2.09. The summed E-state index contributed by atoms with van der Waals surface area (Å²) in [5.74, 6) is 6.41. The molecule has 1 fully saturated rings. The van der Waals surface area contributed by atoms with E-state index in [4.69, 9.17) is 11.6 Å². The lowest BCUT2D eigenvalue weighted by atomic mass is 10.1. The smallest absolute Gasteiger partial charge is 0.222 e. The minimum absolute atomic E-state index is 0.0985. The van der Waals surface area contributed by atoms with Crippen LogP contribution in [0.3, 0.4) is 0 Å². The van der Waals surface area contributed by atoms with Crippen LogP contribution in [-0.2, 0) is 4.79 Å². The summed E-state index contributed by atoms with van der Waals surface area (Å²) in [7, 11) is 0. The number of nitrogens with zero attached hydrogens (tertiary/aromatic N) is 3. The fourth-order valence-electron chi connectivity index (χ4n) is 2.09. The van der Waals surface area contributed by atoms with E-state index < -0.39 is 0 Å². The Kier molecular flexibility index (Phi) is 3.10. The normalized spacial score (nSPS) is 19.4. The van der Waals surface area contributed by atoms with Crippen molar-refractivity contribution in [1.82, 2.24) is 9.97 Å². The van der Waals surface area contributed by atoms with E-state index in [2.05, 4.69) is 15.4 Å². The van der Waals surface area contributed by atoms with E-state index in [0.29, 0.717) is 12.4 Å². The molecule has 0 radical (unpaired) electrons. The molecule has 1 aromatic heterocycles. The Balaban J connectivity index is 2.22. The number of hydrogen-bond donors (Lipinski definition) is 3. The van der Waals surface area contributed by atoms with Gasteiger partial charge < -0.3 is 16.1 Å². The van der Waals surface area contributed by atoms with Crippen LogP contribution in [0.5, 0.6) is 0 Å². The molecule has 92 valence electrons. The lowest BCUT2D eigenvalue weighted by molar-refractivity contribution is -0.121. The first-order valence-electron chi connectivity index (χ1n) is 5.46. The predicted octanol–water partition coefficient (Wildman–Crippen LogP) is -0.618. The highest BCUT2D eigenvalue weighted by Crippen LogP contribution is 2.26. The van der Waals surface area contributed by atoms with Gasteiger partial charge in [0.2, 0.25) is 5.91 Å². The van der Waals surface area contributed by atoms with E-state index in [1.54, 1.807) is 0 Å². The maximum atomic E-state index is 11.1. The van der Waals surface area contributed by atoms with E-state index in [0.717, 1.165) is 24.3 Å². The first-order valence-corrected chi connectivity index (χ1v) is 5.46. The number of nitrogen functional groups attached to an aromatic ring is 1. The van der Waals surface area contributed by atoms with Crippen molar-refractivity contribution in [2.45, 2.75) is 13.3 Å². The molecule has 1 atom stereocenters. The molecule has 0 aromatic carbocycles. The van der Waals surface area contributed by atoms with Gasteiger partial charge in [0.1, 0.15) is 18.0 Å². The van der Waals surface area contributed by atoms with Crippen LogP contribution in [0.4, 0.5) is 11.6 Å². The van der Waals surface area contributed by atoms with E-state index in [9.17, 15) is 4.79 Å². The number of primary amides is 1. The fraction of sp³-hybridized carbons (Fsp3) is 0.500. The average Bonchev–Trinajstić information content (AvgIpc) is 2.78. The zero-order valence-corrected chi connectivity index (χ0v) is 9.68. The molecule has 7 heteroatoms. The van der Waals surface area contributed by atoms with Gasteiger partial charge in [-0.2, -0.15) is 0 Å². The molecule has 1 aliphatic rings. The highest BCUT2D eigenvalue weighted by atomic mass is 16.1. The van der Waals surface area contributed by atoms with Crippen molar-refractivity contribution in [1.29, 1.82) is 0 Å². The first kappa shape index (κ1) is 11.6. The average molecular weight is 236 g/mol. The minimum Gasteiger partial charge on any atom is -0.369 e. The minimum atomic E-state index is -0.253. The quantitative estimate of drug-likeness (QED) is 0.476. The largest absolute Gasteiger partial charge is 0.369 e. The third kappa shape index (κ3) is 2.14. The molecule has 0 spiro atoms. The summed E-state index contributed by atoms with van der Waals surface area (Å²) in [5.41, 5.74) is 8.70. The number of nitrogens with two attached hydrogens (primary N) is 2. The van der Waals surface area contributed by atoms with Crippen molar-refractivity contribution >= 4 is 17.5 Å². The number of hydrazine groups is 1. The molecule has 1 saturated heterocycles. The first-order chi connectivity index (χ1) is 8.13. The zero-order valence-electron chi connectivity index (χ0n) is 9.68. The molecule has 0 saturated carbocycles. The van der Waals surface area contributed by atoms with E-state index in [1.807, 2.05) is 11.8 Å². The summed E-state index contributed by atoms with van der Waals surface area (Å²) in [6.45, 7) is 3.27. The topological polar surface area (TPSA) is 110 Å². The van der Waals surface area contributed by atoms with Gasteiger partial charge in [-0.15, -0.1) is 0 Å². The highest BCUT2D eigenvalue weighted by Gasteiger charge is 2.28. The van der Waals surface area contributed by atoms with Crippen LogP contribution in [0.1, 0.15) is 12.0 Å². The number of rotatable bonds is 3. The van der Waals surface area contributed by atoms with Gasteiger partial charge >= 0.3 is 0 Å². The molecular formula is C10H16N6O. The van der Waals surface area contributed by atoms with Crippen LogP contribution in [0.25, 0.3) is 0 Å². The third-order valence-corrected chi connectivity index (χ3v) is 3.08. The van der Waals surface area contributed by atoms with Gasteiger partial charge in [0.25, 0.3) is 0 Å². The zero-order chi connectivity index (χ0) is 12.4. The summed E-state index contributed by atoms with van der Waals surface area (Å²) >= 11 is 0. The number of carbonyl (C=O) groups is 1. The van der Waals surface area contributed by atoms with Gasteiger partial charge in [0.15, 0.2) is 0 Å². The molecule has 7 nitrogen and oxygen atoms in total. The van der Waals surface area contributed by atoms with Crippen molar-refractivity contribution in [2.75, 3.05) is 23.4 Å². The molecule has 5 N–H and O–H groups in total. The van der Waals surface area contributed by atoms with Crippen molar-refractivity contribution in [3.63, 3.8) is 0 Å². The Morgan fingerprint density at radius 3 is 2.94 bits per heavy atom. The molecule has 1 aliphatic heterocycles. The standard InChI is InChI=1S/C10H16N6O/c1-6-9(15-12)13-5-14-10(6)16-3-2-7(4-16)8(11)17/h5,7H,2-4,12H2,1H3,(H2,11,17)(H,13,14,15). The van der Waals surface area contributed by atoms with Crippen LogP contribution < -0.4 is 21.9 Å². The lowest BCUT2D eigenvalue weighted by Gasteiger charge is -2.19. The molecule has 1 amide bonds. The monoisotopic (exact) mass is 236 g/mol. The number of nitrogens with one attached hydrogen (secondary N) is 1. The third-order valence-electron chi connectivity index (χ3n) is 3.08. The molecule has 2 rings (SSSR count). The lowest BCUT2D eigenvalue weighted by Crippen LogP contribution is -2.28. The number of carbonyl (C=O) groups excluding carboxylic acids is 1. The second kappa shape index (κ2) is 4.54. The van der Waals surface area contributed by atoms with E-state index >= 15 is 0 Å². The maximum Gasteiger partial charge on any atom is 0.222 e. The number of hydrogen-bond acceptors (Lipinski definition) is 6. The molecule has 0 bridgehead atoms. The van der Waals surface area contributed by atoms with Gasteiger partial charge in [0.05, 0.1) is 5.92 Å². The summed E-state index contributed by atoms with van der Waals surface area (Å²) in [6, 6.07) is 0. The Morgan fingerprint density at radius 1 is 1.59 bits per heavy atom. The second-order valence-corrected chi connectivity index (χ2v) is 4.15. The van der Waals surface area contributed by atoms with Gasteiger partial charge in [-0.25, -0.2) is 15.8 Å². The van der Waals surface area contributed by atoms with Crippen LogP contribution in [0.2, 0.25) is 0 Å².